The number of methoxy groups -OCH3 is 1. The molecule has 0 aliphatic rings. The van der Waals surface area contributed by atoms with E-state index in [4.69, 9.17) is 4.74 Å². The molecule has 0 aliphatic heterocycles. The zero-order chi connectivity index (χ0) is 22.2. The van der Waals surface area contributed by atoms with Gasteiger partial charge in [0.2, 0.25) is 0 Å². The maximum Gasteiger partial charge on any atom is 0.423 e. The smallest absolute Gasteiger partial charge is 0.423 e. The Morgan fingerprint density at radius 3 is 2.62 bits per heavy atom. The van der Waals surface area contributed by atoms with E-state index in [9.17, 15) is 14.0 Å². The summed E-state index contributed by atoms with van der Waals surface area (Å²) in [5, 5.41) is 5.13. The molecule has 8 heteroatoms. The SMILES string of the molecule is COc1cccc(C(=O)Cn2c(=O)n3nc(-c4ccc(F)cc4)[nH+]c3c3ccccc32)c1. The maximum atomic E-state index is 13.3. The van der Waals surface area contributed by atoms with Crippen LogP contribution in [0.1, 0.15) is 10.4 Å². The second-order valence-electron chi connectivity index (χ2n) is 7.28. The number of aromatic nitrogens is 4. The lowest BCUT2D eigenvalue weighted by Gasteiger charge is -2.08. The van der Waals surface area contributed by atoms with E-state index in [-0.39, 0.29) is 18.1 Å². The molecule has 0 atom stereocenters. The van der Waals surface area contributed by atoms with Gasteiger partial charge in [0, 0.05) is 5.56 Å². The number of nitrogens with one attached hydrogen (secondary N) is 1. The van der Waals surface area contributed by atoms with Gasteiger partial charge in [-0.25, -0.2) is 14.2 Å². The van der Waals surface area contributed by atoms with Crippen molar-refractivity contribution in [2.24, 2.45) is 0 Å². The fourth-order valence-corrected chi connectivity index (χ4v) is 3.71. The van der Waals surface area contributed by atoms with Gasteiger partial charge in [0.25, 0.3) is 5.65 Å². The molecular weight excluding hydrogens is 411 g/mol. The van der Waals surface area contributed by atoms with E-state index in [1.165, 1.54) is 28.3 Å². The third-order valence-electron chi connectivity index (χ3n) is 5.32. The number of carbonyl (C=O) groups is 1. The van der Waals surface area contributed by atoms with E-state index < -0.39 is 5.69 Å². The third kappa shape index (κ3) is 3.31. The van der Waals surface area contributed by atoms with Crippen molar-refractivity contribution in [3.05, 3.63) is 94.7 Å². The largest absolute Gasteiger partial charge is 0.497 e. The van der Waals surface area contributed by atoms with Crippen LogP contribution in [0.15, 0.2) is 77.6 Å². The molecule has 32 heavy (non-hydrogen) atoms. The number of fused-ring (bicyclic) bond motifs is 3. The predicted molar refractivity (Wildman–Crippen MR) is 116 cm³/mol. The molecular formula is C24H18FN4O3+. The van der Waals surface area contributed by atoms with E-state index in [2.05, 4.69) is 10.1 Å². The molecule has 5 aromatic rings. The van der Waals surface area contributed by atoms with Crippen molar-refractivity contribution < 1.29 is 18.9 Å². The van der Waals surface area contributed by atoms with Crippen LogP contribution in [0, 0.1) is 5.82 Å². The second-order valence-corrected chi connectivity index (χ2v) is 7.28. The Labute approximate surface area is 181 Å². The van der Waals surface area contributed by atoms with Crippen molar-refractivity contribution in [3.8, 4) is 17.1 Å². The van der Waals surface area contributed by atoms with Gasteiger partial charge in [0.1, 0.15) is 11.6 Å². The van der Waals surface area contributed by atoms with Crippen molar-refractivity contribution in [2.75, 3.05) is 7.11 Å². The molecule has 0 aliphatic carbocycles. The molecule has 0 spiro atoms. The standard InChI is InChI=1S/C24H17FN4O3/c1-32-18-6-4-5-16(13-18)21(30)14-28-20-8-3-2-7-19(20)23-26-22(27-29(23)24(28)31)15-9-11-17(25)12-10-15/h2-13H,14H2,1H3/p+1. The quantitative estimate of drug-likeness (QED) is 0.402. The maximum absolute atomic E-state index is 13.3. The monoisotopic (exact) mass is 429 g/mol. The van der Waals surface area contributed by atoms with Crippen LogP contribution < -0.4 is 15.4 Å². The van der Waals surface area contributed by atoms with Gasteiger partial charge in [-0.2, -0.15) is 0 Å². The van der Waals surface area contributed by atoms with Crippen molar-refractivity contribution in [1.29, 1.82) is 0 Å². The Hall–Kier alpha value is -4.33. The number of aromatic amines is 1. The summed E-state index contributed by atoms with van der Waals surface area (Å²) in [6.07, 6.45) is 0. The van der Waals surface area contributed by atoms with Crippen molar-refractivity contribution >= 4 is 22.3 Å². The fraction of sp³-hybridized carbons (Fsp3) is 0.0833. The Morgan fingerprint density at radius 2 is 1.84 bits per heavy atom. The molecule has 3 aromatic carbocycles. The average molecular weight is 429 g/mol. The minimum atomic E-state index is -0.459. The zero-order valence-corrected chi connectivity index (χ0v) is 17.1. The first-order chi connectivity index (χ1) is 15.5. The summed E-state index contributed by atoms with van der Waals surface area (Å²) in [5.41, 5.74) is 1.72. The van der Waals surface area contributed by atoms with E-state index in [0.717, 1.165) is 5.39 Å². The van der Waals surface area contributed by atoms with Gasteiger partial charge >= 0.3 is 11.5 Å². The van der Waals surface area contributed by atoms with Crippen LogP contribution >= 0.6 is 0 Å². The van der Waals surface area contributed by atoms with Crippen LogP contribution in [-0.2, 0) is 6.54 Å². The summed E-state index contributed by atoms with van der Waals surface area (Å²) in [5.74, 6) is 0.394. The van der Waals surface area contributed by atoms with Gasteiger partial charge in [-0.1, -0.05) is 24.3 Å². The highest BCUT2D eigenvalue weighted by molar-refractivity contribution is 5.97. The van der Waals surface area contributed by atoms with Gasteiger partial charge in [-0.05, 0) is 53.0 Å². The molecule has 7 nitrogen and oxygen atoms in total. The number of hydrogen-bond donors (Lipinski definition) is 0. The number of rotatable bonds is 5. The Kier molecular flexibility index (Phi) is 4.74. The van der Waals surface area contributed by atoms with Crippen LogP contribution in [0.3, 0.4) is 0 Å². The number of H-pyrrole nitrogens is 1. The van der Waals surface area contributed by atoms with Crippen LogP contribution in [0.4, 0.5) is 4.39 Å². The number of Topliss-reactive ketones (excluding diaryl/α,β-unsaturated/α-hetero) is 1. The average Bonchev–Trinajstić information content (AvgIpc) is 3.28. The molecule has 0 amide bonds. The number of benzene rings is 3. The normalized spacial score (nSPS) is 11.2. The van der Waals surface area contributed by atoms with Crippen molar-refractivity contribution in [1.82, 2.24) is 14.2 Å². The number of hydrogen-bond acceptors (Lipinski definition) is 4. The predicted octanol–water partition coefficient (Wildman–Crippen LogP) is 3.16. The van der Waals surface area contributed by atoms with Crippen LogP contribution in [0.25, 0.3) is 27.9 Å². The minimum absolute atomic E-state index is 0.159. The first-order valence-electron chi connectivity index (χ1n) is 9.92. The molecule has 0 fully saturated rings. The van der Waals surface area contributed by atoms with Crippen LogP contribution in [-0.4, -0.2) is 27.1 Å². The van der Waals surface area contributed by atoms with E-state index in [1.54, 1.807) is 42.5 Å². The molecule has 0 saturated heterocycles. The Balaban J connectivity index is 1.66. The van der Waals surface area contributed by atoms with Gasteiger partial charge in [-0.15, -0.1) is 0 Å². The summed E-state index contributed by atoms with van der Waals surface area (Å²) in [4.78, 5) is 29.5. The van der Waals surface area contributed by atoms with Crippen LogP contribution in [0.2, 0.25) is 0 Å². The summed E-state index contributed by atoms with van der Waals surface area (Å²) >= 11 is 0. The highest BCUT2D eigenvalue weighted by atomic mass is 19.1. The zero-order valence-electron chi connectivity index (χ0n) is 17.1. The highest BCUT2D eigenvalue weighted by Crippen LogP contribution is 2.19. The summed E-state index contributed by atoms with van der Waals surface area (Å²) in [6.45, 7) is -0.159. The Morgan fingerprint density at radius 1 is 1.06 bits per heavy atom. The van der Waals surface area contributed by atoms with Crippen molar-refractivity contribution in [2.45, 2.75) is 6.54 Å². The second kappa shape index (κ2) is 7.73. The van der Waals surface area contributed by atoms with E-state index in [1.807, 2.05) is 18.2 Å². The fourth-order valence-electron chi connectivity index (χ4n) is 3.71. The van der Waals surface area contributed by atoms with Gasteiger partial charge < -0.3 is 4.74 Å². The van der Waals surface area contributed by atoms with Gasteiger partial charge in [-0.3, -0.25) is 9.36 Å². The molecule has 1 N–H and O–H groups in total. The number of ether oxygens (including phenoxy) is 1. The first kappa shape index (κ1) is 19.6. The van der Waals surface area contributed by atoms with Gasteiger partial charge in [0.15, 0.2) is 5.78 Å². The van der Waals surface area contributed by atoms with Crippen molar-refractivity contribution in [3.63, 3.8) is 0 Å². The molecule has 0 radical (unpaired) electrons. The number of para-hydroxylation sites is 1. The Bertz CT molecular complexity index is 1540. The van der Waals surface area contributed by atoms with Gasteiger partial charge in [0.05, 0.1) is 35.2 Å². The number of ketones is 1. The molecule has 5 rings (SSSR count). The number of carbonyl (C=O) groups excluding carboxylic acids is 1. The topological polar surface area (TPSA) is 79.7 Å². The van der Waals surface area contributed by atoms with Crippen LogP contribution in [0.5, 0.6) is 5.75 Å². The summed E-state index contributed by atoms with van der Waals surface area (Å²) in [7, 11) is 1.53. The summed E-state index contributed by atoms with van der Waals surface area (Å²) in [6, 6.07) is 19.9. The molecule has 2 heterocycles. The molecule has 0 unspecified atom stereocenters. The minimum Gasteiger partial charge on any atom is -0.497 e. The van der Waals surface area contributed by atoms with E-state index >= 15 is 0 Å². The number of nitrogens with zero attached hydrogens (tertiary/aromatic N) is 3. The lowest BCUT2D eigenvalue weighted by Crippen LogP contribution is -2.31. The number of halogens is 1. The van der Waals surface area contributed by atoms with E-state index in [0.29, 0.717) is 33.9 Å². The summed E-state index contributed by atoms with van der Waals surface area (Å²) < 4.78 is 21.1. The molecule has 2 aromatic heterocycles. The first-order valence-corrected chi connectivity index (χ1v) is 9.92. The molecule has 0 bridgehead atoms. The lowest BCUT2D eigenvalue weighted by molar-refractivity contribution is -0.331. The third-order valence-corrected chi connectivity index (χ3v) is 5.32. The molecule has 158 valence electrons. The lowest BCUT2D eigenvalue weighted by atomic mass is 10.1. The molecule has 0 saturated carbocycles. The highest BCUT2D eigenvalue weighted by Gasteiger charge is 2.23.